The zero-order valence-corrected chi connectivity index (χ0v) is 16.1. The van der Waals surface area contributed by atoms with E-state index in [1.165, 1.54) is 0 Å². The number of pyridine rings is 1. The first-order valence-corrected chi connectivity index (χ1v) is 9.22. The van der Waals surface area contributed by atoms with Gasteiger partial charge < -0.3 is 18.8 Å². The summed E-state index contributed by atoms with van der Waals surface area (Å²) in [5.74, 6) is -0.670. The summed E-state index contributed by atoms with van der Waals surface area (Å²) in [5.41, 5.74) is 0.761. The van der Waals surface area contributed by atoms with Crippen molar-refractivity contribution in [2.24, 2.45) is 0 Å². The smallest absolute Gasteiger partial charge is 0.163 e. The average molecular weight is 356 g/mol. The van der Waals surface area contributed by atoms with Crippen LogP contribution >= 0.6 is 0 Å². The summed E-state index contributed by atoms with van der Waals surface area (Å²) < 4.78 is 32.8. The Kier molecular flexibility index (Phi) is 6.28. The van der Waals surface area contributed by atoms with Crippen molar-refractivity contribution >= 4 is 11.4 Å². The molecule has 1 saturated heterocycles. The molecule has 0 aliphatic carbocycles. The molecular weight excluding hydrogens is 328 g/mol. The van der Waals surface area contributed by atoms with E-state index in [0.717, 1.165) is 5.69 Å². The number of aromatic nitrogens is 1. The number of hydrogen-bond donors (Lipinski definition) is 1. The standard InChI is InChI=1S/C17H28N2O4S/c1-16(2,3)24(20)19-14(13-11-22-17(4,5)23-13)15(21-6)12-9-7-8-10-18-12/h7-10,13-15,19H,11H2,1-6H3/t13-,14+,15?,24?/m1/s1. The maximum Gasteiger partial charge on any atom is 0.163 e. The molecule has 1 aromatic heterocycles. The Morgan fingerprint density at radius 3 is 2.58 bits per heavy atom. The molecule has 6 nitrogen and oxygen atoms in total. The molecule has 7 heteroatoms. The highest BCUT2D eigenvalue weighted by Gasteiger charge is 2.45. The minimum Gasteiger partial charge on any atom is -0.598 e. The molecular formula is C17H28N2O4S. The van der Waals surface area contributed by atoms with Crippen LogP contribution in [0.4, 0.5) is 0 Å². The van der Waals surface area contributed by atoms with Gasteiger partial charge in [0.2, 0.25) is 0 Å². The fourth-order valence-electron chi connectivity index (χ4n) is 2.52. The van der Waals surface area contributed by atoms with Crippen LogP contribution in [0.1, 0.15) is 46.4 Å². The van der Waals surface area contributed by atoms with Gasteiger partial charge in [-0.3, -0.25) is 4.98 Å². The van der Waals surface area contributed by atoms with Crippen LogP contribution in [0.2, 0.25) is 0 Å². The van der Waals surface area contributed by atoms with E-state index in [1.807, 2.05) is 52.8 Å². The first-order valence-electron chi connectivity index (χ1n) is 8.07. The molecule has 2 rings (SSSR count). The van der Waals surface area contributed by atoms with Crippen LogP contribution in [0.5, 0.6) is 0 Å². The van der Waals surface area contributed by atoms with Gasteiger partial charge >= 0.3 is 0 Å². The van der Waals surface area contributed by atoms with Crippen LogP contribution in [0.25, 0.3) is 0 Å². The van der Waals surface area contributed by atoms with Crippen molar-refractivity contribution in [1.29, 1.82) is 0 Å². The Bertz CT molecular complexity index is 521. The molecule has 0 spiro atoms. The normalized spacial score (nSPS) is 24.5. The third kappa shape index (κ3) is 4.91. The Morgan fingerprint density at radius 1 is 1.42 bits per heavy atom. The van der Waals surface area contributed by atoms with Crippen LogP contribution < -0.4 is 4.72 Å². The third-order valence-electron chi connectivity index (χ3n) is 3.79. The second-order valence-corrected chi connectivity index (χ2v) is 9.30. The largest absolute Gasteiger partial charge is 0.598 e. The van der Waals surface area contributed by atoms with Crippen molar-refractivity contribution in [3.8, 4) is 0 Å². The lowest BCUT2D eigenvalue weighted by atomic mass is 10.0. The van der Waals surface area contributed by atoms with E-state index in [-0.39, 0.29) is 12.1 Å². The maximum atomic E-state index is 12.7. The molecule has 1 fully saturated rings. The second kappa shape index (κ2) is 7.68. The molecule has 0 aromatic carbocycles. The van der Waals surface area contributed by atoms with Crippen molar-refractivity contribution in [2.75, 3.05) is 13.7 Å². The van der Waals surface area contributed by atoms with Crippen molar-refractivity contribution < 1.29 is 18.8 Å². The topological polar surface area (TPSA) is 75.7 Å². The fourth-order valence-corrected chi connectivity index (χ4v) is 3.40. The Labute approximate surface area is 147 Å². The predicted octanol–water partition coefficient (Wildman–Crippen LogP) is 2.34. The monoisotopic (exact) mass is 356 g/mol. The Balaban J connectivity index is 2.27. The molecule has 1 aliphatic heterocycles. The van der Waals surface area contributed by atoms with Gasteiger partial charge in [-0.1, -0.05) is 6.07 Å². The summed E-state index contributed by atoms with van der Waals surface area (Å²) >= 11 is -1.28. The maximum absolute atomic E-state index is 12.7. The van der Waals surface area contributed by atoms with Gasteiger partial charge in [0.1, 0.15) is 23.0 Å². The predicted molar refractivity (Wildman–Crippen MR) is 93.7 cm³/mol. The molecule has 2 heterocycles. The molecule has 1 N–H and O–H groups in total. The Morgan fingerprint density at radius 2 is 2.12 bits per heavy atom. The fraction of sp³-hybridized carbons (Fsp3) is 0.706. The van der Waals surface area contributed by atoms with E-state index in [9.17, 15) is 4.55 Å². The van der Waals surface area contributed by atoms with Gasteiger partial charge in [-0.15, -0.1) is 4.72 Å². The zero-order chi connectivity index (χ0) is 18.0. The van der Waals surface area contributed by atoms with E-state index >= 15 is 0 Å². The van der Waals surface area contributed by atoms with Gasteiger partial charge in [0, 0.05) is 24.7 Å². The number of rotatable bonds is 6. The van der Waals surface area contributed by atoms with E-state index in [2.05, 4.69) is 9.71 Å². The molecule has 0 bridgehead atoms. The summed E-state index contributed by atoms with van der Waals surface area (Å²) in [4.78, 5) is 4.39. The average Bonchev–Trinajstić information content (AvgIpc) is 2.87. The summed E-state index contributed by atoms with van der Waals surface area (Å²) in [6.45, 7) is 9.91. The first kappa shape index (κ1) is 19.6. The Hall–Kier alpha value is -0.700. The van der Waals surface area contributed by atoms with Crippen LogP contribution in [0, 0.1) is 0 Å². The van der Waals surface area contributed by atoms with E-state index in [4.69, 9.17) is 14.2 Å². The molecule has 136 valence electrons. The number of hydrogen-bond acceptors (Lipinski definition) is 6. The SMILES string of the molecule is COC(c1ccccn1)[C@@H](N[S+]([O-])C(C)(C)C)[C@H]1COC(C)(C)O1. The third-order valence-corrected chi connectivity index (χ3v) is 5.39. The summed E-state index contributed by atoms with van der Waals surface area (Å²) in [5, 5.41) is 0. The van der Waals surface area contributed by atoms with Gasteiger partial charge in [0.15, 0.2) is 5.79 Å². The minimum absolute atomic E-state index is 0.293. The van der Waals surface area contributed by atoms with Crippen LogP contribution in [0.15, 0.2) is 24.4 Å². The quantitative estimate of drug-likeness (QED) is 0.789. The molecule has 0 radical (unpaired) electrons. The number of nitrogens with zero attached hydrogens (tertiary/aromatic N) is 1. The minimum atomic E-state index is -1.28. The van der Waals surface area contributed by atoms with Gasteiger partial charge in [0.05, 0.1) is 12.3 Å². The molecule has 0 saturated carbocycles. The van der Waals surface area contributed by atoms with Crippen LogP contribution in [0.3, 0.4) is 0 Å². The highest BCUT2D eigenvalue weighted by Crippen LogP contribution is 2.31. The summed E-state index contributed by atoms with van der Waals surface area (Å²) in [6.07, 6.45) is 1.02. The number of nitrogens with one attached hydrogen (secondary N) is 1. The van der Waals surface area contributed by atoms with E-state index in [1.54, 1.807) is 13.3 Å². The van der Waals surface area contributed by atoms with Crippen molar-refractivity contribution in [3.05, 3.63) is 30.1 Å². The highest BCUT2D eigenvalue weighted by molar-refractivity contribution is 7.90. The van der Waals surface area contributed by atoms with E-state index < -0.39 is 28.0 Å². The lowest BCUT2D eigenvalue weighted by molar-refractivity contribution is -0.145. The number of ether oxygens (including phenoxy) is 3. The van der Waals surface area contributed by atoms with Crippen molar-refractivity contribution in [3.63, 3.8) is 0 Å². The second-order valence-electron chi connectivity index (χ2n) is 7.30. The zero-order valence-electron chi connectivity index (χ0n) is 15.2. The van der Waals surface area contributed by atoms with Crippen LogP contribution in [-0.4, -0.2) is 45.9 Å². The lowest BCUT2D eigenvalue weighted by Crippen LogP contribution is -2.53. The van der Waals surface area contributed by atoms with Gasteiger partial charge in [-0.25, -0.2) is 0 Å². The molecule has 2 unspecified atom stereocenters. The molecule has 1 aromatic rings. The van der Waals surface area contributed by atoms with Crippen molar-refractivity contribution in [2.45, 2.75) is 63.4 Å². The van der Waals surface area contributed by atoms with Crippen molar-refractivity contribution in [1.82, 2.24) is 9.71 Å². The number of methoxy groups -OCH3 is 1. The van der Waals surface area contributed by atoms with Gasteiger partial charge in [-0.2, -0.15) is 0 Å². The molecule has 0 amide bonds. The van der Waals surface area contributed by atoms with Gasteiger partial charge in [0.25, 0.3) is 0 Å². The summed E-state index contributed by atoms with van der Waals surface area (Å²) in [7, 11) is 1.62. The highest BCUT2D eigenvalue weighted by atomic mass is 32.2. The molecule has 4 atom stereocenters. The van der Waals surface area contributed by atoms with Crippen LogP contribution in [-0.2, 0) is 25.6 Å². The lowest BCUT2D eigenvalue weighted by Gasteiger charge is -2.34. The molecule has 24 heavy (non-hydrogen) atoms. The molecule has 1 aliphatic rings. The van der Waals surface area contributed by atoms with E-state index in [0.29, 0.717) is 6.61 Å². The summed E-state index contributed by atoms with van der Waals surface area (Å²) in [6, 6.07) is 5.29. The van der Waals surface area contributed by atoms with Gasteiger partial charge in [-0.05, 0) is 46.8 Å². The first-order chi connectivity index (χ1) is 11.1.